The van der Waals surface area contributed by atoms with Gasteiger partial charge in [-0.05, 0) is 12.1 Å². The fraction of sp³-hybridized carbons (Fsp3) is 0.429. The van der Waals surface area contributed by atoms with Crippen LogP contribution in [0.3, 0.4) is 0 Å². The summed E-state index contributed by atoms with van der Waals surface area (Å²) in [6.07, 6.45) is 0. The van der Waals surface area contributed by atoms with E-state index in [1.54, 1.807) is 9.80 Å². The minimum absolute atomic E-state index is 0.00434. The van der Waals surface area contributed by atoms with Crippen molar-refractivity contribution in [2.45, 2.75) is 4.90 Å². The normalized spacial score (nSPS) is 18.9. The highest BCUT2D eigenvalue weighted by Gasteiger charge is 2.28. The highest BCUT2D eigenvalue weighted by molar-refractivity contribution is 8.00. The molecule has 0 N–H and O–H groups in total. The molecule has 2 aliphatic heterocycles. The Bertz CT molecular complexity index is 529. The van der Waals surface area contributed by atoms with Crippen LogP contribution in [0.1, 0.15) is 0 Å². The number of rotatable bonds is 2. The van der Waals surface area contributed by atoms with Gasteiger partial charge in [0, 0.05) is 18.0 Å². The maximum absolute atomic E-state index is 12.3. The summed E-state index contributed by atoms with van der Waals surface area (Å²) >= 11 is 1.53. The number of carbonyl (C=O) groups excluding carboxylic acids is 2. The lowest BCUT2D eigenvalue weighted by atomic mass is 10.2. The van der Waals surface area contributed by atoms with Crippen LogP contribution >= 0.6 is 11.8 Å². The topological polar surface area (TPSA) is 49.9 Å². The first-order valence-electron chi connectivity index (χ1n) is 6.63. The number of nitrogens with zero attached hydrogens (tertiary/aromatic N) is 2. The van der Waals surface area contributed by atoms with Crippen molar-refractivity contribution in [1.29, 1.82) is 0 Å². The van der Waals surface area contributed by atoms with E-state index in [1.807, 2.05) is 24.3 Å². The predicted octanol–water partition coefficient (Wildman–Crippen LogP) is 0.984. The monoisotopic (exact) mass is 292 g/mol. The summed E-state index contributed by atoms with van der Waals surface area (Å²) in [5.41, 5.74) is 0.843. The summed E-state index contributed by atoms with van der Waals surface area (Å²) in [6.45, 7) is 2.49. The van der Waals surface area contributed by atoms with Gasteiger partial charge in [0.15, 0.2) is 0 Å². The van der Waals surface area contributed by atoms with E-state index in [4.69, 9.17) is 4.74 Å². The molecule has 2 heterocycles. The molecular weight excluding hydrogens is 276 g/mol. The minimum atomic E-state index is -0.0108. The number of thioether (sulfide) groups is 1. The number of amides is 2. The number of para-hydroxylation sites is 1. The number of morpholine rings is 1. The number of benzene rings is 1. The van der Waals surface area contributed by atoms with E-state index in [2.05, 4.69) is 0 Å². The molecule has 0 radical (unpaired) electrons. The highest BCUT2D eigenvalue weighted by Crippen LogP contribution is 2.34. The van der Waals surface area contributed by atoms with Crippen molar-refractivity contribution in [2.75, 3.05) is 43.5 Å². The van der Waals surface area contributed by atoms with Crippen molar-refractivity contribution in [3.05, 3.63) is 24.3 Å². The molecule has 1 fully saturated rings. The molecular formula is C14H16N2O3S. The van der Waals surface area contributed by atoms with Crippen molar-refractivity contribution >= 4 is 29.3 Å². The zero-order chi connectivity index (χ0) is 13.9. The second-order valence-electron chi connectivity index (χ2n) is 4.73. The number of anilines is 1. The third kappa shape index (κ3) is 2.66. The van der Waals surface area contributed by atoms with E-state index in [-0.39, 0.29) is 18.4 Å². The summed E-state index contributed by atoms with van der Waals surface area (Å²) in [4.78, 5) is 28.8. The number of hydrogen-bond donors (Lipinski definition) is 0. The molecule has 2 amide bonds. The molecule has 5 nitrogen and oxygen atoms in total. The summed E-state index contributed by atoms with van der Waals surface area (Å²) < 4.78 is 5.24. The van der Waals surface area contributed by atoms with Crippen LogP contribution < -0.4 is 4.90 Å². The lowest BCUT2D eigenvalue weighted by Crippen LogP contribution is -2.48. The maximum Gasteiger partial charge on any atom is 0.242 e. The van der Waals surface area contributed by atoms with Crippen LogP contribution in [0.5, 0.6) is 0 Å². The van der Waals surface area contributed by atoms with Crippen molar-refractivity contribution in [2.24, 2.45) is 0 Å². The lowest BCUT2D eigenvalue weighted by Gasteiger charge is -2.32. The average Bonchev–Trinajstić information content (AvgIpc) is 2.51. The van der Waals surface area contributed by atoms with Gasteiger partial charge in [0.05, 0.1) is 24.7 Å². The molecule has 0 unspecified atom stereocenters. The van der Waals surface area contributed by atoms with Crippen molar-refractivity contribution in [3.63, 3.8) is 0 Å². The Hall–Kier alpha value is -1.53. The van der Waals surface area contributed by atoms with Gasteiger partial charge in [-0.2, -0.15) is 0 Å². The van der Waals surface area contributed by atoms with Gasteiger partial charge in [-0.15, -0.1) is 11.8 Å². The van der Waals surface area contributed by atoms with Crippen LogP contribution in [0, 0.1) is 0 Å². The summed E-state index contributed by atoms with van der Waals surface area (Å²) in [5, 5.41) is 0. The summed E-state index contributed by atoms with van der Waals surface area (Å²) in [7, 11) is 0. The molecule has 20 heavy (non-hydrogen) atoms. The van der Waals surface area contributed by atoms with Crippen LogP contribution in [0.2, 0.25) is 0 Å². The van der Waals surface area contributed by atoms with Crippen molar-refractivity contribution in [3.8, 4) is 0 Å². The van der Waals surface area contributed by atoms with Gasteiger partial charge in [0.2, 0.25) is 11.8 Å². The quantitative estimate of drug-likeness (QED) is 0.815. The van der Waals surface area contributed by atoms with E-state index in [0.717, 1.165) is 10.6 Å². The second-order valence-corrected chi connectivity index (χ2v) is 5.75. The number of ether oxygens (including phenoxy) is 1. The fourth-order valence-electron chi connectivity index (χ4n) is 2.38. The van der Waals surface area contributed by atoms with Crippen LogP contribution in [0.4, 0.5) is 5.69 Å². The van der Waals surface area contributed by atoms with Crippen LogP contribution in [0.25, 0.3) is 0 Å². The minimum Gasteiger partial charge on any atom is -0.378 e. The molecule has 106 valence electrons. The molecule has 3 rings (SSSR count). The lowest BCUT2D eigenvalue weighted by molar-refractivity contribution is -0.134. The molecule has 0 saturated carbocycles. The van der Waals surface area contributed by atoms with Gasteiger partial charge in [-0.25, -0.2) is 0 Å². The Morgan fingerprint density at radius 2 is 2.00 bits per heavy atom. The smallest absolute Gasteiger partial charge is 0.242 e. The Balaban J connectivity index is 1.76. The first kappa shape index (κ1) is 13.5. The zero-order valence-corrected chi connectivity index (χ0v) is 11.9. The molecule has 0 atom stereocenters. The second kappa shape index (κ2) is 5.85. The number of carbonyl (C=O) groups is 2. The van der Waals surface area contributed by atoms with Gasteiger partial charge < -0.3 is 14.5 Å². The summed E-state index contributed by atoms with van der Waals surface area (Å²) in [5.74, 6) is 0.381. The van der Waals surface area contributed by atoms with Gasteiger partial charge in [-0.1, -0.05) is 12.1 Å². The molecule has 1 saturated heterocycles. The van der Waals surface area contributed by atoms with Gasteiger partial charge in [0.25, 0.3) is 0 Å². The number of fused-ring (bicyclic) bond motifs is 1. The van der Waals surface area contributed by atoms with Gasteiger partial charge in [0.1, 0.15) is 6.54 Å². The average molecular weight is 292 g/mol. The molecule has 0 aliphatic carbocycles. The van der Waals surface area contributed by atoms with E-state index in [1.165, 1.54) is 11.8 Å². The molecule has 6 heteroatoms. The van der Waals surface area contributed by atoms with Gasteiger partial charge in [-0.3, -0.25) is 9.59 Å². The molecule has 1 aromatic carbocycles. The molecule has 2 aliphatic rings. The molecule has 0 aromatic heterocycles. The molecule has 0 spiro atoms. The molecule has 0 bridgehead atoms. The predicted molar refractivity (Wildman–Crippen MR) is 76.9 cm³/mol. The first-order chi connectivity index (χ1) is 9.75. The van der Waals surface area contributed by atoms with Gasteiger partial charge >= 0.3 is 0 Å². The first-order valence-corrected chi connectivity index (χ1v) is 7.62. The van der Waals surface area contributed by atoms with Crippen LogP contribution in [0.15, 0.2) is 29.2 Å². The van der Waals surface area contributed by atoms with E-state index in [9.17, 15) is 9.59 Å². The standard InChI is InChI=1S/C14H16N2O3S/c17-13(15-5-7-19-8-6-15)9-16-11-3-1-2-4-12(11)20-10-14(16)18/h1-4H,5-10H2. The molecule has 1 aromatic rings. The maximum atomic E-state index is 12.3. The Labute approximate surface area is 121 Å². The third-order valence-electron chi connectivity index (χ3n) is 3.47. The van der Waals surface area contributed by atoms with E-state index in [0.29, 0.717) is 32.1 Å². The SMILES string of the molecule is O=C(CN1C(=O)CSc2ccccc21)N1CCOCC1. The Kier molecular flexibility index (Phi) is 3.93. The Morgan fingerprint density at radius 3 is 2.80 bits per heavy atom. The Morgan fingerprint density at radius 1 is 1.25 bits per heavy atom. The number of hydrogen-bond acceptors (Lipinski definition) is 4. The van der Waals surface area contributed by atoms with E-state index < -0.39 is 0 Å². The third-order valence-corrected chi connectivity index (χ3v) is 4.51. The van der Waals surface area contributed by atoms with Crippen LogP contribution in [-0.4, -0.2) is 55.3 Å². The van der Waals surface area contributed by atoms with E-state index >= 15 is 0 Å². The fourth-order valence-corrected chi connectivity index (χ4v) is 3.31. The van der Waals surface area contributed by atoms with Crippen molar-refractivity contribution < 1.29 is 14.3 Å². The summed E-state index contributed by atoms with van der Waals surface area (Å²) in [6, 6.07) is 7.72. The van der Waals surface area contributed by atoms with Crippen LogP contribution in [-0.2, 0) is 14.3 Å². The largest absolute Gasteiger partial charge is 0.378 e. The zero-order valence-electron chi connectivity index (χ0n) is 11.1. The van der Waals surface area contributed by atoms with Crippen molar-refractivity contribution in [1.82, 2.24) is 4.90 Å². The highest BCUT2D eigenvalue weighted by atomic mass is 32.2.